The lowest BCUT2D eigenvalue weighted by molar-refractivity contribution is 0.670. The third kappa shape index (κ3) is 5.20. The number of hydrogen-bond acceptors (Lipinski definition) is 3. The summed E-state index contributed by atoms with van der Waals surface area (Å²) in [4.78, 5) is 2.34. The Balaban J connectivity index is 1.05. The lowest BCUT2D eigenvalue weighted by Gasteiger charge is -2.26. The molecule has 0 atom stereocenters. The van der Waals surface area contributed by atoms with Crippen molar-refractivity contribution in [1.29, 1.82) is 0 Å². The van der Waals surface area contributed by atoms with Gasteiger partial charge in [0.15, 0.2) is 0 Å². The minimum atomic E-state index is 0.887. The second-order valence-electron chi connectivity index (χ2n) is 14.1. The molecule has 0 unspecified atom stereocenters. The van der Waals surface area contributed by atoms with Gasteiger partial charge in [0, 0.05) is 49.6 Å². The Morgan fingerprint density at radius 1 is 0.309 bits per heavy atom. The molecule has 0 radical (unpaired) electrons. The first-order chi connectivity index (χ1) is 27.3. The molecule has 0 bridgehead atoms. The van der Waals surface area contributed by atoms with E-state index in [0.717, 1.165) is 88.6 Å². The molecule has 3 heteroatoms. The molecular formula is C52H33NO2. The van der Waals surface area contributed by atoms with Crippen LogP contribution in [-0.4, -0.2) is 0 Å². The molecular weight excluding hydrogens is 671 g/mol. The van der Waals surface area contributed by atoms with Crippen LogP contribution in [-0.2, 0) is 0 Å². The Morgan fingerprint density at radius 3 is 1.75 bits per heavy atom. The summed E-state index contributed by atoms with van der Waals surface area (Å²) < 4.78 is 13.0. The summed E-state index contributed by atoms with van der Waals surface area (Å²) in [7, 11) is 0. The van der Waals surface area contributed by atoms with Crippen LogP contribution in [0, 0.1) is 0 Å². The Bertz CT molecular complexity index is 3190. The zero-order valence-corrected chi connectivity index (χ0v) is 29.8. The maximum atomic E-state index is 6.57. The van der Waals surface area contributed by atoms with Crippen molar-refractivity contribution in [2.24, 2.45) is 0 Å². The highest BCUT2D eigenvalue weighted by Gasteiger charge is 2.19. The largest absolute Gasteiger partial charge is 0.455 e. The fourth-order valence-electron chi connectivity index (χ4n) is 8.25. The van der Waals surface area contributed by atoms with Gasteiger partial charge in [0.05, 0.1) is 0 Å². The maximum Gasteiger partial charge on any atom is 0.143 e. The van der Waals surface area contributed by atoms with Crippen LogP contribution in [0.2, 0.25) is 0 Å². The molecule has 2 heterocycles. The number of benzene rings is 9. The monoisotopic (exact) mass is 703 g/mol. The van der Waals surface area contributed by atoms with Gasteiger partial charge in [-0.15, -0.1) is 0 Å². The van der Waals surface area contributed by atoms with Crippen molar-refractivity contribution in [1.82, 2.24) is 0 Å². The minimum absolute atomic E-state index is 0.887. The number of hydrogen-bond donors (Lipinski definition) is 0. The number of furan rings is 2. The van der Waals surface area contributed by atoms with Gasteiger partial charge in [-0.05, 0) is 87.8 Å². The van der Waals surface area contributed by atoms with Gasteiger partial charge in [-0.25, -0.2) is 0 Å². The van der Waals surface area contributed by atoms with E-state index in [1.54, 1.807) is 0 Å². The van der Waals surface area contributed by atoms with Crippen molar-refractivity contribution in [3.8, 4) is 33.4 Å². The number of fused-ring (bicyclic) bond motifs is 8. The summed E-state index contributed by atoms with van der Waals surface area (Å²) in [5.74, 6) is 0. The molecule has 0 amide bonds. The van der Waals surface area contributed by atoms with Crippen LogP contribution in [0.15, 0.2) is 209 Å². The average molecular weight is 704 g/mol. The van der Waals surface area contributed by atoms with E-state index in [-0.39, 0.29) is 0 Å². The van der Waals surface area contributed by atoms with Crippen molar-refractivity contribution >= 4 is 71.7 Å². The van der Waals surface area contributed by atoms with Crippen LogP contribution in [0.1, 0.15) is 0 Å². The smallest absolute Gasteiger partial charge is 0.143 e. The molecule has 0 fully saturated rings. The zero-order chi connectivity index (χ0) is 36.3. The first kappa shape index (κ1) is 31.2. The van der Waals surface area contributed by atoms with Gasteiger partial charge in [0.1, 0.15) is 22.3 Å². The van der Waals surface area contributed by atoms with Crippen LogP contribution >= 0.6 is 0 Å². The van der Waals surface area contributed by atoms with Crippen molar-refractivity contribution in [3.63, 3.8) is 0 Å². The molecule has 11 rings (SSSR count). The Hall–Kier alpha value is -7.36. The van der Waals surface area contributed by atoms with Gasteiger partial charge in [0.2, 0.25) is 0 Å². The number of nitrogens with zero attached hydrogens (tertiary/aromatic N) is 1. The predicted molar refractivity (Wildman–Crippen MR) is 229 cm³/mol. The fourth-order valence-corrected chi connectivity index (χ4v) is 8.25. The first-order valence-corrected chi connectivity index (χ1v) is 18.7. The first-order valence-electron chi connectivity index (χ1n) is 18.7. The molecule has 0 saturated heterocycles. The third-order valence-electron chi connectivity index (χ3n) is 10.9. The summed E-state index contributed by atoms with van der Waals surface area (Å²) >= 11 is 0. The summed E-state index contributed by atoms with van der Waals surface area (Å²) in [5, 5.41) is 6.81. The van der Waals surface area contributed by atoms with Gasteiger partial charge >= 0.3 is 0 Å². The second kappa shape index (κ2) is 12.6. The van der Waals surface area contributed by atoms with Crippen LogP contribution < -0.4 is 4.90 Å². The predicted octanol–water partition coefficient (Wildman–Crippen LogP) is 15.1. The fraction of sp³-hybridized carbons (Fsp3) is 0. The van der Waals surface area contributed by atoms with E-state index in [4.69, 9.17) is 8.83 Å². The highest BCUT2D eigenvalue weighted by molar-refractivity contribution is 6.19. The molecule has 0 saturated carbocycles. The molecule has 0 N–H and O–H groups in total. The molecule has 0 aliphatic rings. The molecule has 9 aromatic carbocycles. The van der Waals surface area contributed by atoms with Crippen molar-refractivity contribution in [2.45, 2.75) is 0 Å². The minimum Gasteiger partial charge on any atom is -0.455 e. The maximum absolute atomic E-state index is 6.57. The summed E-state index contributed by atoms with van der Waals surface area (Å²) in [6.45, 7) is 0. The molecule has 0 aliphatic heterocycles. The van der Waals surface area contributed by atoms with Crippen molar-refractivity contribution < 1.29 is 8.83 Å². The highest BCUT2D eigenvalue weighted by atomic mass is 16.3. The average Bonchev–Trinajstić information content (AvgIpc) is 3.84. The van der Waals surface area contributed by atoms with E-state index in [0.29, 0.717) is 0 Å². The second-order valence-corrected chi connectivity index (χ2v) is 14.1. The molecule has 11 aromatic rings. The quantitative estimate of drug-likeness (QED) is 0.173. The lowest BCUT2D eigenvalue weighted by Crippen LogP contribution is -2.10. The number of para-hydroxylation sites is 2. The Labute approximate surface area is 317 Å². The van der Waals surface area contributed by atoms with Crippen LogP contribution in [0.3, 0.4) is 0 Å². The van der Waals surface area contributed by atoms with E-state index in [1.165, 1.54) is 16.5 Å². The SMILES string of the molecule is c1ccc(-c2ccc(N(c3ccc(-c4cccc5c4oc4ccccc45)cc3)c3cccc(-c4cccc5oc6c7ccccc7ccc6c45)c3)cc2)cc1. The molecule has 258 valence electrons. The normalized spacial score (nSPS) is 11.6. The summed E-state index contributed by atoms with van der Waals surface area (Å²) in [5.41, 5.74) is 13.6. The Kier molecular flexibility index (Phi) is 7.17. The third-order valence-corrected chi connectivity index (χ3v) is 10.9. The number of rotatable bonds is 6. The molecule has 0 spiro atoms. The Morgan fingerprint density at radius 2 is 0.909 bits per heavy atom. The van der Waals surface area contributed by atoms with Gasteiger partial charge in [-0.2, -0.15) is 0 Å². The van der Waals surface area contributed by atoms with Crippen molar-refractivity contribution in [2.75, 3.05) is 4.90 Å². The molecule has 55 heavy (non-hydrogen) atoms. The van der Waals surface area contributed by atoms with Crippen LogP contribution in [0.5, 0.6) is 0 Å². The van der Waals surface area contributed by atoms with E-state index in [2.05, 4.69) is 193 Å². The van der Waals surface area contributed by atoms with Gasteiger partial charge in [-0.3, -0.25) is 0 Å². The lowest BCUT2D eigenvalue weighted by atomic mass is 9.97. The standard InChI is InChI=1S/C52H33NO2/c1-2-11-34(12-3-1)35-23-28-39(29-24-35)53(40-30-25-37(26-31-40)44-19-9-20-46-45-17-6-7-21-48(45)54-51(44)46)41-15-8-14-38(33-41)42-18-10-22-49-50(42)47-32-27-36-13-4-5-16-43(36)52(47)55-49/h1-33H. The topological polar surface area (TPSA) is 29.5 Å². The zero-order valence-electron chi connectivity index (χ0n) is 29.8. The van der Waals surface area contributed by atoms with E-state index in [1.807, 2.05) is 12.1 Å². The van der Waals surface area contributed by atoms with Gasteiger partial charge in [-0.1, -0.05) is 146 Å². The van der Waals surface area contributed by atoms with E-state index in [9.17, 15) is 0 Å². The van der Waals surface area contributed by atoms with Gasteiger partial charge in [0.25, 0.3) is 0 Å². The van der Waals surface area contributed by atoms with E-state index < -0.39 is 0 Å². The van der Waals surface area contributed by atoms with Crippen LogP contribution in [0.4, 0.5) is 17.1 Å². The highest BCUT2D eigenvalue weighted by Crippen LogP contribution is 2.43. The number of anilines is 3. The van der Waals surface area contributed by atoms with Gasteiger partial charge < -0.3 is 13.7 Å². The van der Waals surface area contributed by atoms with Crippen LogP contribution in [0.25, 0.3) is 88.0 Å². The molecule has 2 aromatic heterocycles. The molecule has 0 aliphatic carbocycles. The summed E-state index contributed by atoms with van der Waals surface area (Å²) in [6, 6.07) is 70.9. The van der Waals surface area contributed by atoms with Crippen molar-refractivity contribution in [3.05, 3.63) is 200 Å². The summed E-state index contributed by atoms with van der Waals surface area (Å²) in [6.07, 6.45) is 0. The molecule has 3 nitrogen and oxygen atoms in total. The van der Waals surface area contributed by atoms with E-state index >= 15 is 0 Å².